The van der Waals surface area contributed by atoms with E-state index in [9.17, 15) is 9.59 Å². The highest BCUT2D eigenvalue weighted by Gasteiger charge is 2.23. The molecule has 1 fully saturated rings. The molecule has 1 N–H and O–H groups in total. The summed E-state index contributed by atoms with van der Waals surface area (Å²) >= 11 is 1.44. The Morgan fingerprint density at radius 3 is 2.62 bits per heavy atom. The molecule has 2 aromatic rings. The monoisotopic (exact) mass is 345 g/mol. The summed E-state index contributed by atoms with van der Waals surface area (Å²) in [5.74, 6) is -0.0143. The van der Waals surface area contributed by atoms with Crippen molar-refractivity contribution >= 4 is 28.8 Å². The Balaban J connectivity index is 1.56. The maximum Gasteiger partial charge on any atom is 0.264 e. The van der Waals surface area contributed by atoms with E-state index in [-0.39, 0.29) is 11.8 Å². The van der Waals surface area contributed by atoms with Gasteiger partial charge in [0.15, 0.2) is 0 Å². The average molecular weight is 345 g/mol. The lowest BCUT2D eigenvalue weighted by Crippen LogP contribution is -2.48. The van der Waals surface area contributed by atoms with Crippen LogP contribution in [-0.2, 0) is 11.3 Å². The maximum atomic E-state index is 12.6. The Labute approximate surface area is 144 Å². The van der Waals surface area contributed by atoms with Gasteiger partial charge in [-0.05, 0) is 18.2 Å². The summed E-state index contributed by atoms with van der Waals surface area (Å²) in [5, 5.41) is 10.4. The summed E-state index contributed by atoms with van der Waals surface area (Å²) in [7, 11) is 0. The highest BCUT2D eigenvalue weighted by atomic mass is 32.1. The van der Waals surface area contributed by atoms with Gasteiger partial charge in [-0.3, -0.25) is 9.59 Å². The summed E-state index contributed by atoms with van der Waals surface area (Å²) in [5.41, 5.74) is 1.03. The van der Waals surface area contributed by atoms with Gasteiger partial charge in [-0.15, -0.1) is 11.3 Å². The predicted octanol–water partition coefficient (Wildman–Crippen LogP) is 1.14. The van der Waals surface area contributed by atoms with Gasteiger partial charge in [-0.25, -0.2) is 0 Å². The molecule has 2 amide bonds. The van der Waals surface area contributed by atoms with Crippen molar-refractivity contribution in [2.45, 2.75) is 13.5 Å². The van der Waals surface area contributed by atoms with Gasteiger partial charge < -0.3 is 15.1 Å². The number of hydrogen-bond donors (Lipinski definition) is 1. The van der Waals surface area contributed by atoms with Gasteiger partial charge in [0.05, 0.1) is 29.5 Å². The smallest absolute Gasteiger partial charge is 0.264 e. The molecule has 1 saturated heterocycles. The van der Waals surface area contributed by atoms with Crippen LogP contribution in [0.15, 0.2) is 30.6 Å². The molecule has 1 aliphatic heterocycles. The predicted molar refractivity (Wildman–Crippen MR) is 92.0 cm³/mol. The molecule has 0 unspecified atom stereocenters. The summed E-state index contributed by atoms with van der Waals surface area (Å²) in [6.07, 6.45) is 3.42. The van der Waals surface area contributed by atoms with E-state index in [4.69, 9.17) is 0 Å². The molecule has 0 radical (unpaired) electrons. The fourth-order valence-corrected chi connectivity index (χ4v) is 3.51. The van der Waals surface area contributed by atoms with Crippen molar-refractivity contribution in [3.63, 3.8) is 0 Å². The largest absolute Gasteiger partial charge is 0.367 e. The molecule has 0 aliphatic carbocycles. The number of piperazine rings is 1. The Hall–Kier alpha value is -2.48. The third kappa shape index (κ3) is 3.88. The standard InChI is InChI=1S/C16H19N5O2S/c1-12(22)17-11-14-2-3-15(24-14)16(23)21-8-6-20(7-9-21)13-4-5-18-19-10-13/h2-5,10H,6-9,11H2,1H3,(H,17,22). The molecule has 8 heteroatoms. The number of rotatable bonds is 4. The van der Waals surface area contributed by atoms with Crippen LogP contribution in [0, 0.1) is 0 Å². The van der Waals surface area contributed by atoms with Crippen LogP contribution in [0.2, 0.25) is 0 Å². The lowest BCUT2D eigenvalue weighted by atomic mass is 10.2. The minimum absolute atomic E-state index is 0.0570. The number of nitrogens with zero attached hydrogens (tertiary/aromatic N) is 4. The average Bonchev–Trinajstić information content (AvgIpc) is 3.09. The van der Waals surface area contributed by atoms with Crippen LogP contribution in [0.3, 0.4) is 0 Å². The van der Waals surface area contributed by atoms with Crippen molar-refractivity contribution in [3.05, 3.63) is 40.3 Å². The third-order valence-electron chi connectivity index (χ3n) is 3.88. The van der Waals surface area contributed by atoms with Crippen LogP contribution in [0.5, 0.6) is 0 Å². The second kappa shape index (κ2) is 7.39. The van der Waals surface area contributed by atoms with E-state index in [1.807, 2.05) is 23.1 Å². The number of nitrogens with one attached hydrogen (secondary N) is 1. The van der Waals surface area contributed by atoms with Gasteiger partial charge in [0.2, 0.25) is 5.91 Å². The van der Waals surface area contributed by atoms with Crippen molar-refractivity contribution in [3.8, 4) is 0 Å². The minimum atomic E-state index is -0.0713. The van der Waals surface area contributed by atoms with E-state index in [1.54, 1.807) is 12.4 Å². The Bertz CT molecular complexity index is 710. The normalized spacial score (nSPS) is 14.5. The molecule has 0 spiro atoms. The fraction of sp³-hybridized carbons (Fsp3) is 0.375. The first-order valence-electron chi connectivity index (χ1n) is 7.77. The van der Waals surface area contributed by atoms with E-state index in [0.717, 1.165) is 28.5 Å². The first kappa shape index (κ1) is 16.4. The zero-order valence-corrected chi connectivity index (χ0v) is 14.3. The maximum absolute atomic E-state index is 12.6. The van der Waals surface area contributed by atoms with E-state index in [2.05, 4.69) is 20.4 Å². The lowest BCUT2D eigenvalue weighted by molar-refractivity contribution is -0.119. The lowest BCUT2D eigenvalue weighted by Gasteiger charge is -2.35. The Morgan fingerprint density at radius 1 is 1.17 bits per heavy atom. The zero-order chi connectivity index (χ0) is 16.9. The highest BCUT2D eigenvalue weighted by Crippen LogP contribution is 2.20. The summed E-state index contributed by atoms with van der Waals surface area (Å²) in [6.45, 7) is 4.87. The third-order valence-corrected chi connectivity index (χ3v) is 4.96. The van der Waals surface area contributed by atoms with Crippen LogP contribution in [-0.4, -0.2) is 53.1 Å². The molecule has 7 nitrogen and oxygen atoms in total. The summed E-state index contributed by atoms with van der Waals surface area (Å²) in [6, 6.07) is 5.66. The molecule has 24 heavy (non-hydrogen) atoms. The van der Waals surface area contributed by atoms with Crippen molar-refractivity contribution in [2.24, 2.45) is 0 Å². The second-order valence-corrected chi connectivity index (χ2v) is 6.72. The van der Waals surface area contributed by atoms with Crippen LogP contribution in [0.4, 0.5) is 5.69 Å². The van der Waals surface area contributed by atoms with Gasteiger partial charge in [-0.1, -0.05) is 0 Å². The number of carbonyl (C=O) groups excluding carboxylic acids is 2. The molecule has 0 saturated carbocycles. The van der Waals surface area contributed by atoms with Crippen molar-refractivity contribution < 1.29 is 9.59 Å². The van der Waals surface area contributed by atoms with Gasteiger partial charge in [0, 0.05) is 38.0 Å². The molecule has 0 bridgehead atoms. The van der Waals surface area contributed by atoms with Crippen molar-refractivity contribution in [1.29, 1.82) is 0 Å². The molecule has 0 aromatic carbocycles. The van der Waals surface area contributed by atoms with Crippen molar-refractivity contribution in [1.82, 2.24) is 20.4 Å². The number of hydrogen-bond acceptors (Lipinski definition) is 6. The van der Waals surface area contributed by atoms with E-state index in [0.29, 0.717) is 19.6 Å². The topological polar surface area (TPSA) is 78.4 Å². The number of thiophene rings is 1. The molecule has 3 heterocycles. The van der Waals surface area contributed by atoms with Crippen molar-refractivity contribution in [2.75, 3.05) is 31.1 Å². The molecule has 126 valence electrons. The van der Waals surface area contributed by atoms with E-state index >= 15 is 0 Å². The number of amides is 2. The minimum Gasteiger partial charge on any atom is -0.367 e. The molecule has 0 atom stereocenters. The molecule has 2 aromatic heterocycles. The Morgan fingerprint density at radius 2 is 1.96 bits per heavy atom. The van der Waals surface area contributed by atoms with Crippen LogP contribution >= 0.6 is 11.3 Å². The Kier molecular flexibility index (Phi) is 5.05. The van der Waals surface area contributed by atoms with Crippen LogP contribution in [0.25, 0.3) is 0 Å². The van der Waals surface area contributed by atoms with Crippen LogP contribution < -0.4 is 10.2 Å². The van der Waals surface area contributed by atoms with Gasteiger partial charge >= 0.3 is 0 Å². The number of carbonyl (C=O) groups is 2. The quantitative estimate of drug-likeness (QED) is 0.899. The van der Waals surface area contributed by atoms with Gasteiger partial charge in [0.25, 0.3) is 5.91 Å². The van der Waals surface area contributed by atoms with Crippen LogP contribution in [0.1, 0.15) is 21.5 Å². The summed E-state index contributed by atoms with van der Waals surface area (Å²) < 4.78 is 0. The zero-order valence-electron chi connectivity index (χ0n) is 13.4. The first-order chi connectivity index (χ1) is 11.6. The van der Waals surface area contributed by atoms with Gasteiger partial charge in [-0.2, -0.15) is 10.2 Å². The van der Waals surface area contributed by atoms with E-state index < -0.39 is 0 Å². The molecular weight excluding hydrogens is 326 g/mol. The first-order valence-corrected chi connectivity index (χ1v) is 8.59. The molecule has 1 aliphatic rings. The SMILES string of the molecule is CC(=O)NCc1ccc(C(=O)N2CCN(c3ccnnc3)CC2)s1. The van der Waals surface area contributed by atoms with Gasteiger partial charge in [0.1, 0.15) is 0 Å². The van der Waals surface area contributed by atoms with E-state index in [1.165, 1.54) is 18.3 Å². The highest BCUT2D eigenvalue weighted by molar-refractivity contribution is 7.14. The molecular formula is C16H19N5O2S. The second-order valence-electron chi connectivity index (χ2n) is 5.56. The fourth-order valence-electron chi connectivity index (χ4n) is 2.59. The molecule has 3 rings (SSSR count). The number of aromatic nitrogens is 2. The number of anilines is 1. The summed E-state index contributed by atoms with van der Waals surface area (Å²) in [4.78, 5) is 29.3.